The van der Waals surface area contributed by atoms with Crippen LogP contribution in [0, 0.1) is 0 Å². The first-order valence-electron chi connectivity index (χ1n) is 3.25. The third kappa shape index (κ3) is 2.70. The second kappa shape index (κ2) is 4.75. The van der Waals surface area contributed by atoms with E-state index in [0.717, 1.165) is 11.2 Å². The topological polar surface area (TPSA) is 17.1 Å². The van der Waals surface area contributed by atoms with E-state index in [1.165, 1.54) is 11.8 Å². The summed E-state index contributed by atoms with van der Waals surface area (Å²) in [6.45, 7) is 0. The molecule has 1 aromatic rings. The van der Waals surface area contributed by atoms with Crippen LogP contribution in [0.5, 0.6) is 0 Å². The molecular weight excluding hydrogens is 215 g/mol. The molecule has 0 radical (unpaired) electrons. The van der Waals surface area contributed by atoms with Gasteiger partial charge in [0.05, 0.1) is 10.8 Å². The van der Waals surface area contributed by atoms with E-state index in [1.54, 1.807) is 18.2 Å². The van der Waals surface area contributed by atoms with Crippen LogP contribution in [0.2, 0.25) is 10.0 Å². The second-order valence-corrected chi connectivity index (χ2v) is 3.96. The second-order valence-electron chi connectivity index (χ2n) is 2.05. The SMILES string of the molecule is O=CCSc1ccc(Cl)cc1Cl. The standard InChI is InChI=1S/C8H6Cl2OS/c9-6-1-2-8(7(10)5-6)12-4-3-11/h1-3,5H,4H2. The highest BCUT2D eigenvalue weighted by Gasteiger charge is 2.00. The first-order valence-corrected chi connectivity index (χ1v) is 4.99. The van der Waals surface area contributed by atoms with Crippen LogP contribution in [0.4, 0.5) is 0 Å². The molecule has 0 saturated heterocycles. The predicted molar refractivity (Wildman–Crippen MR) is 53.3 cm³/mol. The summed E-state index contributed by atoms with van der Waals surface area (Å²) >= 11 is 12.9. The fourth-order valence-electron chi connectivity index (χ4n) is 0.716. The van der Waals surface area contributed by atoms with Gasteiger partial charge in [-0.2, -0.15) is 0 Å². The minimum atomic E-state index is 0.418. The summed E-state index contributed by atoms with van der Waals surface area (Å²) in [7, 11) is 0. The van der Waals surface area contributed by atoms with Crippen molar-refractivity contribution in [2.24, 2.45) is 0 Å². The molecule has 1 aromatic carbocycles. The maximum atomic E-state index is 10.1. The number of hydrogen-bond acceptors (Lipinski definition) is 2. The van der Waals surface area contributed by atoms with Crippen molar-refractivity contribution in [2.75, 3.05) is 5.75 Å². The summed E-state index contributed by atoms with van der Waals surface area (Å²) in [5.74, 6) is 0.418. The molecule has 0 fully saturated rings. The maximum Gasteiger partial charge on any atom is 0.130 e. The molecule has 0 N–H and O–H groups in total. The van der Waals surface area contributed by atoms with Gasteiger partial charge in [-0.25, -0.2) is 0 Å². The van der Waals surface area contributed by atoms with Crippen LogP contribution >= 0.6 is 35.0 Å². The summed E-state index contributed by atoms with van der Waals surface area (Å²) < 4.78 is 0. The molecule has 4 heteroatoms. The van der Waals surface area contributed by atoms with Gasteiger partial charge in [0, 0.05) is 9.92 Å². The van der Waals surface area contributed by atoms with Gasteiger partial charge < -0.3 is 4.79 Å². The molecule has 0 bridgehead atoms. The molecule has 0 aromatic heterocycles. The Kier molecular flexibility index (Phi) is 3.92. The van der Waals surface area contributed by atoms with Crippen LogP contribution in [0.25, 0.3) is 0 Å². The van der Waals surface area contributed by atoms with Gasteiger partial charge in [-0.3, -0.25) is 0 Å². The van der Waals surface area contributed by atoms with Gasteiger partial charge in [0.25, 0.3) is 0 Å². The smallest absolute Gasteiger partial charge is 0.130 e. The number of hydrogen-bond donors (Lipinski definition) is 0. The van der Waals surface area contributed by atoms with E-state index < -0.39 is 0 Å². The van der Waals surface area contributed by atoms with Crippen LogP contribution in [0.1, 0.15) is 0 Å². The number of halogens is 2. The molecule has 0 unspecified atom stereocenters. The highest BCUT2D eigenvalue weighted by Crippen LogP contribution is 2.28. The first-order chi connectivity index (χ1) is 5.74. The molecule has 0 amide bonds. The molecule has 0 saturated carbocycles. The van der Waals surface area contributed by atoms with Crippen LogP contribution in [-0.2, 0) is 4.79 Å². The van der Waals surface area contributed by atoms with Crippen molar-refractivity contribution in [3.8, 4) is 0 Å². The van der Waals surface area contributed by atoms with Crippen LogP contribution in [-0.4, -0.2) is 12.0 Å². The van der Waals surface area contributed by atoms with Crippen molar-refractivity contribution in [3.05, 3.63) is 28.2 Å². The highest BCUT2D eigenvalue weighted by atomic mass is 35.5. The van der Waals surface area contributed by atoms with E-state index in [0.29, 0.717) is 15.8 Å². The fraction of sp³-hybridized carbons (Fsp3) is 0.125. The summed E-state index contributed by atoms with van der Waals surface area (Å²) in [5, 5.41) is 1.20. The predicted octanol–water partition coefficient (Wildman–Crippen LogP) is 3.28. The van der Waals surface area contributed by atoms with E-state index in [-0.39, 0.29) is 0 Å². The fourth-order valence-corrected chi connectivity index (χ4v) is 1.90. The Morgan fingerprint density at radius 1 is 1.42 bits per heavy atom. The largest absolute Gasteiger partial charge is 0.302 e. The summed E-state index contributed by atoms with van der Waals surface area (Å²) in [6.07, 6.45) is 0.843. The molecule has 0 aliphatic heterocycles. The molecular formula is C8H6Cl2OS. The van der Waals surface area contributed by atoms with Crippen molar-refractivity contribution in [2.45, 2.75) is 4.90 Å². The molecule has 1 nitrogen and oxygen atoms in total. The number of rotatable bonds is 3. The zero-order chi connectivity index (χ0) is 8.97. The zero-order valence-electron chi connectivity index (χ0n) is 6.09. The quantitative estimate of drug-likeness (QED) is 0.575. The van der Waals surface area contributed by atoms with Crippen molar-refractivity contribution in [1.82, 2.24) is 0 Å². The zero-order valence-corrected chi connectivity index (χ0v) is 8.42. The third-order valence-corrected chi connectivity index (χ3v) is 2.83. The maximum absolute atomic E-state index is 10.1. The van der Waals surface area contributed by atoms with Gasteiger partial charge in [-0.05, 0) is 18.2 Å². The minimum Gasteiger partial charge on any atom is -0.302 e. The lowest BCUT2D eigenvalue weighted by Crippen LogP contribution is -1.80. The molecule has 0 heterocycles. The average molecular weight is 221 g/mol. The molecule has 12 heavy (non-hydrogen) atoms. The van der Waals surface area contributed by atoms with E-state index >= 15 is 0 Å². The Morgan fingerprint density at radius 2 is 2.17 bits per heavy atom. The van der Waals surface area contributed by atoms with E-state index in [9.17, 15) is 4.79 Å². The van der Waals surface area contributed by atoms with Crippen LogP contribution in [0.3, 0.4) is 0 Å². The summed E-state index contributed by atoms with van der Waals surface area (Å²) in [5.41, 5.74) is 0. The normalized spacial score (nSPS) is 9.83. The lowest BCUT2D eigenvalue weighted by Gasteiger charge is -2.00. The number of carbonyl (C=O) groups is 1. The van der Waals surface area contributed by atoms with E-state index in [4.69, 9.17) is 23.2 Å². The monoisotopic (exact) mass is 220 g/mol. The third-order valence-electron chi connectivity index (χ3n) is 1.20. The lowest BCUT2D eigenvalue weighted by atomic mass is 10.4. The number of carbonyl (C=O) groups excluding carboxylic acids is 1. The van der Waals surface area contributed by atoms with Gasteiger partial charge in [-0.15, -0.1) is 11.8 Å². The minimum absolute atomic E-state index is 0.418. The molecule has 64 valence electrons. The van der Waals surface area contributed by atoms with Crippen molar-refractivity contribution in [3.63, 3.8) is 0 Å². The molecule has 1 rings (SSSR count). The first kappa shape index (κ1) is 9.90. The highest BCUT2D eigenvalue weighted by molar-refractivity contribution is 8.00. The summed E-state index contributed by atoms with van der Waals surface area (Å²) in [6, 6.07) is 5.22. The van der Waals surface area contributed by atoms with Crippen LogP contribution in [0.15, 0.2) is 23.1 Å². The molecule has 0 aliphatic rings. The molecule has 0 atom stereocenters. The summed E-state index contributed by atoms with van der Waals surface area (Å²) in [4.78, 5) is 10.9. The van der Waals surface area contributed by atoms with Crippen molar-refractivity contribution < 1.29 is 4.79 Å². The number of benzene rings is 1. The number of thioether (sulfide) groups is 1. The Balaban J connectivity index is 2.78. The van der Waals surface area contributed by atoms with Crippen LogP contribution < -0.4 is 0 Å². The molecule has 0 spiro atoms. The number of aldehydes is 1. The van der Waals surface area contributed by atoms with Gasteiger partial charge in [0.1, 0.15) is 6.29 Å². The Bertz CT molecular complexity index is 288. The van der Waals surface area contributed by atoms with Crippen molar-refractivity contribution >= 4 is 41.2 Å². The van der Waals surface area contributed by atoms with Gasteiger partial charge in [0.2, 0.25) is 0 Å². The van der Waals surface area contributed by atoms with Gasteiger partial charge in [0.15, 0.2) is 0 Å². The van der Waals surface area contributed by atoms with Crippen molar-refractivity contribution in [1.29, 1.82) is 0 Å². The lowest BCUT2D eigenvalue weighted by molar-refractivity contribution is -0.105. The van der Waals surface area contributed by atoms with E-state index in [1.807, 2.05) is 0 Å². The van der Waals surface area contributed by atoms with E-state index in [2.05, 4.69) is 0 Å². The average Bonchev–Trinajstić information content (AvgIpc) is 2.03. The van der Waals surface area contributed by atoms with Gasteiger partial charge >= 0.3 is 0 Å². The van der Waals surface area contributed by atoms with Gasteiger partial charge in [-0.1, -0.05) is 23.2 Å². The Labute approximate surface area is 85.1 Å². The Hall–Kier alpha value is -0.180. The molecule has 0 aliphatic carbocycles. The Morgan fingerprint density at radius 3 is 2.75 bits per heavy atom.